The Morgan fingerprint density at radius 2 is 2.00 bits per heavy atom. The van der Waals surface area contributed by atoms with Gasteiger partial charge in [-0.1, -0.05) is 17.7 Å². The lowest BCUT2D eigenvalue weighted by molar-refractivity contribution is 0.214. The minimum Gasteiger partial charge on any atom is -0.469 e. The lowest BCUT2D eigenvalue weighted by Crippen LogP contribution is -2.41. The van der Waals surface area contributed by atoms with Crippen molar-refractivity contribution >= 4 is 16.1 Å². The molecule has 1 fully saturated rings. The highest BCUT2D eigenvalue weighted by Gasteiger charge is 2.31. The highest BCUT2D eigenvalue weighted by Crippen LogP contribution is 2.27. The van der Waals surface area contributed by atoms with Gasteiger partial charge in [-0.05, 0) is 37.6 Å². The van der Waals surface area contributed by atoms with Gasteiger partial charge in [-0.3, -0.25) is 0 Å². The average Bonchev–Trinajstić information content (AvgIpc) is 3.18. The Labute approximate surface area is 135 Å². The van der Waals surface area contributed by atoms with Crippen molar-refractivity contribution in [2.24, 2.45) is 0 Å². The molecule has 23 heavy (non-hydrogen) atoms. The molecule has 1 saturated heterocycles. The molecule has 1 aliphatic heterocycles. The van der Waals surface area contributed by atoms with Crippen molar-refractivity contribution in [2.75, 3.05) is 13.1 Å². The molecule has 1 aromatic heterocycles. The van der Waals surface area contributed by atoms with Gasteiger partial charge in [0.25, 0.3) is 10.0 Å². The van der Waals surface area contributed by atoms with Gasteiger partial charge in [0.2, 0.25) is 0 Å². The number of benzene rings is 1. The molecule has 0 spiro atoms. The number of hydrogen-bond donors (Lipinski definition) is 1. The number of urea groups is 1. The van der Waals surface area contributed by atoms with Gasteiger partial charge in [0.05, 0.1) is 11.2 Å². The number of amides is 2. The fourth-order valence-corrected chi connectivity index (χ4v) is 3.63. The van der Waals surface area contributed by atoms with Gasteiger partial charge in [-0.2, -0.15) is 0 Å². The zero-order valence-electron chi connectivity index (χ0n) is 12.7. The summed E-state index contributed by atoms with van der Waals surface area (Å²) in [5.74, 6) is 0.930. The van der Waals surface area contributed by atoms with Crippen LogP contribution in [0.2, 0.25) is 0 Å². The summed E-state index contributed by atoms with van der Waals surface area (Å²) in [5.41, 5.74) is 0.955. The largest absolute Gasteiger partial charge is 0.469 e. The number of carbonyl (C=O) groups excluding carboxylic acids is 1. The minimum absolute atomic E-state index is 0.0817. The summed E-state index contributed by atoms with van der Waals surface area (Å²) in [4.78, 5) is 13.8. The molecule has 2 heterocycles. The number of nitrogens with one attached hydrogen (secondary N) is 1. The molecule has 1 N–H and O–H groups in total. The monoisotopic (exact) mass is 334 g/mol. The number of sulfonamides is 1. The highest BCUT2D eigenvalue weighted by atomic mass is 32.2. The Hall–Kier alpha value is -2.28. The normalized spacial score (nSPS) is 18.1. The van der Waals surface area contributed by atoms with Crippen LogP contribution in [0.15, 0.2) is 52.0 Å². The predicted octanol–water partition coefficient (Wildman–Crippen LogP) is 2.48. The molecule has 0 aliphatic carbocycles. The zero-order chi connectivity index (χ0) is 16.4. The highest BCUT2D eigenvalue weighted by molar-refractivity contribution is 7.90. The molecule has 2 aromatic rings. The van der Waals surface area contributed by atoms with Gasteiger partial charge in [-0.15, -0.1) is 0 Å². The molecule has 1 aliphatic rings. The molecule has 0 saturated carbocycles. The summed E-state index contributed by atoms with van der Waals surface area (Å²) < 4.78 is 32.0. The molecule has 1 aromatic carbocycles. The maximum absolute atomic E-state index is 12.2. The number of likely N-dealkylation sites (tertiary alicyclic amines) is 1. The van der Waals surface area contributed by atoms with E-state index in [1.807, 2.05) is 13.0 Å². The van der Waals surface area contributed by atoms with E-state index in [0.29, 0.717) is 13.1 Å². The number of aryl methyl sites for hydroxylation is 1. The average molecular weight is 334 g/mol. The van der Waals surface area contributed by atoms with Crippen LogP contribution >= 0.6 is 0 Å². The first-order chi connectivity index (χ1) is 11.0. The molecule has 7 heteroatoms. The standard InChI is InChI=1S/C16H18N2O4S/c1-12-4-6-14(7-5-12)23(20,21)17-16(19)18-9-8-13(11-18)15-3-2-10-22-15/h2-7,10,13H,8-9,11H2,1H3,(H,17,19). The van der Waals surface area contributed by atoms with E-state index in [1.165, 1.54) is 17.0 Å². The molecular formula is C16H18N2O4S. The summed E-state index contributed by atoms with van der Waals surface area (Å²) >= 11 is 0. The third-order valence-corrected chi connectivity index (χ3v) is 5.31. The Bertz CT molecular complexity index is 782. The van der Waals surface area contributed by atoms with Crippen LogP contribution in [-0.2, 0) is 10.0 Å². The van der Waals surface area contributed by atoms with Gasteiger partial charge in [0.15, 0.2) is 0 Å². The number of hydrogen-bond acceptors (Lipinski definition) is 4. The van der Waals surface area contributed by atoms with Crippen molar-refractivity contribution in [2.45, 2.75) is 24.2 Å². The topological polar surface area (TPSA) is 79.6 Å². The minimum atomic E-state index is -3.85. The number of furan rings is 1. The summed E-state index contributed by atoms with van der Waals surface area (Å²) in [6.07, 6.45) is 2.35. The summed E-state index contributed by atoms with van der Waals surface area (Å²) in [7, 11) is -3.85. The lowest BCUT2D eigenvalue weighted by atomic mass is 10.1. The van der Waals surface area contributed by atoms with Crippen LogP contribution in [-0.4, -0.2) is 32.4 Å². The zero-order valence-corrected chi connectivity index (χ0v) is 13.5. The Balaban J connectivity index is 1.66. The van der Waals surface area contributed by atoms with Crippen molar-refractivity contribution < 1.29 is 17.6 Å². The molecule has 3 rings (SSSR count). The quantitative estimate of drug-likeness (QED) is 0.935. The second-order valence-corrected chi connectivity index (χ2v) is 7.35. The molecular weight excluding hydrogens is 316 g/mol. The van der Waals surface area contributed by atoms with Crippen LogP contribution in [0.3, 0.4) is 0 Å². The van der Waals surface area contributed by atoms with Crippen molar-refractivity contribution in [3.05, 3.63) is 54.0 Å². The van der Waals surface area contributed by atoms with Crippen LogP contribution in [0.25, 0.3) is 0 Å². The Morgan fingerprint density at radius 1 is 1.26 bits per heavy atom. The van der Waals surface area contributed by atoms with E-state index in [1.54, 1.807) is 24.5 Å². The summed E-state index contributed by atoms with van der Waals surface area (Å²) in [6.45, 7) is 2.82. The van der Waals surface area contributed by atoms with E-state index in [9.17, 15) is 13.2 Å². The number of carbonyl (C=O) groups is 1. The van der Waals surface area contributed by atoms with Crippen molar-refractivity contribution in [1.82, 2.24) is 9.62 Å². The lowest BCUT2D eigenvalue weighted by Gasteiger charge is -2.17. The third kappa shape index (κ3) is 3.39. The fraction of sp³-hybridized carbons (Fsp3) is 0.312. The van der Waals surface area contributed by atoms with Crippen LogP contribution < -0.4 is 4.72 Å². The van der Waals surface area contributed by atoms with Gasteiger partial charge < -0.3 is 9.32 Å². The number of nitrogens with zero attached hydrogens (tertiary/aromatic N) is 1. The molecule has 0 bridgehead atoms. The first-order valence-electron chi connectivity index (χ1n) is 7.37. The van der Waals surface area contributed by atoms with E-state index < -0.39 is 16.1 Å². The third-order valence-electron chi connectivity index (χ3n) is 3.97. The van der Waals surface area contributed by atoms with E-state index >= 15 is 0 Å². The SMILES string of the molecule is Cc1ccc(S(=O)(=O)NC(=O)N2CCC(c3ccco3)C2)cc1. The molecule has 2 amide bonds. The van der Waals surface area contributed by atoms with E-state index in [-0.39, 0.29) is 10.8 Å². The van der Waals surface area contributed by atoms with Crippen LogP contribution in [0.5, 0.6) is 0 Å². The van der Waals surface area contributed by atoms with Crippen molar-refractivity contribution in [1.29, 1.82) is 0 Å². The van der Waals surface area contributed by atoms with E-state index in [0.717, 1.165) is 17.7 Å². The Morgan fingerprint density at radius 3 is 2.65 bits per heavy atom. The van der Waals surface area contributed by atoms with E-state index in [2.05, 4.69) is 4.72 Å². The van der Waals surface area contributed by atoms with Crippen LogP contribution in [0.1, 0.15) is 23.7 Å². The van der Waals surface area contributed by atoms with Crippen molar-refractivity contribution in [3.8, 4) is 0 Å². The molecule has 6 nitrogen and oxygen atoms in total. The number of rotatable bonds is 3. The second-order valence-electron chi connectivity index (χ2n) is 5.67. The first kappa shape index (κ1) is 15.6. The van der Waals surface area contributed by atoms with Crippen LogP contribution in [0.4, 0.5) is 4.79 Å². The summed E-state index contributed by atoms with van der Waals surface area (Å²) in [5, 5.41) is 0. The van der Waals surface area contributed by atoms with Gasteiger partial charge in [0.1, 0.15) is 5.76 Å². The van der Waals surface area contributed by atoms with Gasteiger partial charge in [0, 0.05) is 19.0 Å². The molecule has 0 radical (unpaired) electrons. The molecule has 1 atom stereocenters. The predicted molar refractivity (Wildman–Crippen MR) is 84.5 cm³/mol. The van der Waals surface area contributed by atoms with Crippen molar-refractivity contribution in [3.63, 3.8) is 0 Å². The fourth-order valence-electron chi connectivity index (χ4n) is 2.66. The Kier molecular flexibility index (Phi) is 4.12. The second kappa shape index (κ2) is 6.08. The summed E-state index contributed by atoms with van der Waals surface area (Å²) in [6, 6.07) is 9.44. The van der Waals surface area contributed by atoms with Gasteiger partial charge >= 0.3 is 6.03 Å². The first-order valence-corrected chi connectivity index (χ1v) is 8.86. The van der Waals surface area contributed by atoms with Gasteiger partial charge in [-0.25, -0.2) is 17.9 Å². The van der Waals surface area contributed by atoms with Crippen LogP contribution in [0, 0.1) is 6.92 Å². The molecule has 122 valence electrons. The molecule has 1 unspecified atom stereocenters. The van der Waals surface area contributed by atoms with E-state index in [4.69, 9.17) is 4.42 Å². The maximum Gasteiger partial charge on any atom is 0.331 e. The smallest absolute Gasteiger partial charge is 0.331 e. The maximum atomic E-state index is 12.2.